The zero-order valence-corrected chi connectivity index (χ0v) is 22.1. The van der Waals surface area contributed by atoms with Crippen LogP contribution in [-0.2, 0) is 15.7 Å². The summed E-state index contributed by atoms with van der Waals surface area (Å²) in [6.45, 7) is 1.70. The Labute approximate surface area is 216 Å². The highest BCUT2D eigenvalue weighted by atomic mass is 32.2. The number of aryl methyl sites for hydroxylation is 1. The molecular formula is C27H30N4O5S. The van der Waals surface area contributed by atoms with Crippen LogP contribution in [0.4, 0.5) is 11.4 Å². The van der Waals surface area contributed by atoms with Crippen LogP contribution in [-0.4, -0.2) is 56.0 Å². The van der Waals surface area contributed by atoms with E-state index in [2.05, 4.69) is 5.10 Å². The Morgan fingerprint density at radius 3 is 1.59 bits per heavy atom. The summed E-state index contributed by atoms with van der Waals surface area (Å²) in [5, 5.41) is 15.4. The molecule has 37 heavy (non-hydrogen) atoms. The Morgan fingerprint density at radius 1 is 0.784 bits per heavy atom. The van der Waals surface area contributed by atoms with Gasteiger partial charge in [0.2, 0.25) is 0 Å². The fourth-order valence-electron chi connectivity index (χ4n) is 4.38. The number of anilines is 2. The number of aromatic nitrogens is 2. The van der Waals surface area contributed by atoms with E-state index in [-0.39, 0.29) is 10.5 Å². The standard InChI is InChI=1S/C27H30N4O5S/c1-18-25(26(32)31(28-18)23-14-16-24(17-15-23)37(34,35)36)27(33,19-6-10-21(11-7-19)29(2)3)20-8-12-22(13-9-20)30(4)5/h6-17,28,33H,1-5H3,(H,34,35,36). The number of nitrogens with zero attached hydrogens (tertiary/aromatic N) is 3. The van der Waals surface area contributed by atoms with E-state index < -0.39 is 21.3 Å². The molecule has 0 aliphatic carbocycles. The Balaban J connectivity index is 1.92. The van der Waals surface area contributed by atoms with E-state index in [0.29, 0.717) is 22.5 Å². The largest absolute Gasteiger partial charge is 0.378 e. The first-order valence-electron chi connectivity index (χ1n) is 11.5. The van der Waals surface area contributed by atoms with Crippen LogP contribution in [0.2, 0.25) is 0 Å². The molecule has 0 saturated heterocycles. The summed E-state index contributed by atoms with van der Waals surface area (Å²) >= 11 is 0. The van der Waals surface area contributed by atoms with Crippen LogP contribution in [0, 0.1) is 6.92 Å². The smallest absolute Gasteiger partial charge is 0.294 e. The van der Waals surface area contributed by atoms with Crippen molar-refractivity contribution in [3.05, 3.63) is 106 Å². The topological polar surface area (TPSA) is 119 Å². The molecular weight excluding hydrogens is 492 g/mol. The maximum Gasteiger partial charge on any atom is 0.294 e. The van der Waals surface area contributed by atoms with Gasteiger partial charge in [0, 0.05) is 45.3 Å². The predicted molar refractivity (Wildman–Crippen MR) is 145 cm³/mol. The van der Waals surface area contributed by atoms with Crippen LogP contribution in [0.1, 0.15) is 22.4 Å². The minimum Gasteiger partial charge on any atom is -0.378 e. The third kappa shape index (κ3) is 4.78. The van der Waals surface area contributed by atoms with E-state index in [1.54, 1.807) is 31.2 Å². The predicted octanol–water partition coefficient (Wildman–Crippen LogP) is 3.14. The molecule has 0 bridgehead atoms. The quantitative estimate of drug-likeness (QED) is 0.319. The van der Waals surface area contributed by atoms with Crippen molar-refractivity contribution < 1.29 is 18.1 Å². The molecule has 194 valence electrons. The number of H-pyrrole nitrogens is 1. The normalized spacial score (nSPS) is 12.0. The van der Waals surface area contributed by atoms with Gasteiger partial charge in [-0.3, -0.25) is 14.4 Å². The maximum absolute atomic E-state index is 13.8. The molecule has 0 amide bonds. The highest BCUT2D eigenvalue weighted by molar-refractivity contribution is 7.85. The Hall–Kier alpha value is -3.86. The van der Waals surface area contributed by atoms with E-state index in [9.17, 15) is 22.9 Å². The Kier molecular flexibility index (Phi) is 6.76. The second-order valence-electron chi connectivity index (χ2n) is 9.31. The molecule has 3 N–H and O–H groups in total. The second kappa shape index (κ2) is 9.55. The van der Waals surface area contributed by atoms with Gasteiger partial charge in [-0.1, -0.05) is 24.3 Å². The van der Waals surface area contributed by atoms with Gasteiger partial charge in [-0.05, 0) is 66.6 Å². The lowest BCUT2D eigenvalue weighted by atomic mass is 9.80. The third-order valence-corrected chi connectivity index (χ3v) is 7.30. The molecule has 0 saturated carbocycles. The molecule has 3 aromatic carbocycles. The van der Waals surface area contributed by atoms with Gasteiger partial charge < -0.3 is 14.9 Å². The van der Waals surface area contributed by atoms with Gasteiger partial charge >= 0.3 is 0 Å². The molecule has 1 aromatic heterocycles. The summed E-state index contributed by atoms with van der Waals surface area (Å²) in [6, 6.07) is 19.9. The molecule has 4 aromatic rings. The molecule has 0 spiro atoms. The summed E-state index contributed by atoms with van der Waals surface area (Å²) in [7, 11) is 3.31. The summed E-state index contributed by atoms with van der Waals surface area (Å²) < 4.78 is 33.4. The SMILES string of the molecule is Cc1[nH]n(-c2ccc(S(=O)(=O)O)cc2)c(=O)c1C(O)(c1ccc(N(C)C)cc1)c1ccc(N(C)C)cc1. The first-order valence-corrected chi connectivity index (χ1v) is 13.0. The Morgan fingerprint density at radius 2 is 1.22 bits per heavy atom. The molecule has 0 unspecified atom stereocenters. The number of nitrogens with one attached hydrogen (secondary N) is 1. The molecule has 0 radical (unpaired) electrons. The number of aliphatic hydroxyl groups is 1. The number of benzene rings is 3. The first-order chi connectivity index (χ1) is 17.3. The maximum atomic E-state index is 13.8. The van der Waals surface area contributed by atoms with E-state index in [4.69, 9.17) is 0 Å². The Bertz CT molecular complexity index is 1520. The van der Waals surface area contributed by atoms with Gasteiger partial charge in [0.1, 0.15) is 5.60 Å². The average molecular weight is 523 g/mol. The molecule has 0 aliphatic heterocycles. The van der Waals surface area contributed by atoms with Gasteiger partial charge in [-0.25, -0.2) is 4.68 Å². The minimum atomic E-state index is -4.37. The fraction of sp³-hybridized carbons (Fsp3) is 0.222. The lowest BCUT2D eigenvalue weighted by molar-refractivity contribution is 0.124. The lowest BCUT2D eigenvalue weighted by Gasteiger charge is -2.30. The van der Waals surface area contributed by atoms with Crippen molar-refractivity contribution >= 4 is 21.5 Å². The molecule has 9 nitrogen and oxygen atoms in total. The third-order valence-electron chi connectivity index (χ3n) is 6.43. The number of hydrogen-bond acceptors (Lipinski definition) is 6. The van der Waals surface area contributed by atoms with Crippen LogP contribution in [0.15, 0.2) is 82.5 Å². The molecule has 4 rings (SSSR count). The average Bonchev–Trinajstić information content (AvgIpc) is 3.17. The first kappa shape index (κ1) is 26.2. The highest BCUT2D eigenvalue weighted by Gasteiger charge is 2.39. The van der Waals surface area contributed by atoms with Crippen LogP contribution in [0.25, 0.3) is 5.69 Å². The lowest BCUT2D eigenvalue weighted by Crippen LogP contribution is -2.35. The number of hydrogen-bond donors (Lipinski definition) is 3. The van der Waals surface area contributed by atoms with Crippen LogP contribution < -0.4 is 15.4 Å². The van der Waals surface area contributed by atoms with Crippen LogP contribution in [0.5, 0.6) is 0 Å². The van der Waals surface area contributed by atoms with Gasteiger partial charge in [-0.15, -0.1) is 0 Å². The molecule has 0 atom stereocenters. The minimum absolute atomic E-state index is 0.140. The molecule has 0 fully saturated rings. The second-order valence-corrected chi connectivity index (χ2v) is 10.7. The van der Waals surface area contributed by atoms with E-state index in [0.717, 1.165) is 11.4 Å². The highest BCUT2D eigenvalue weighted by Crippen LogP contribution is 2.38. The monoisotopic (exact) mass is 522 g/mol. The molecule has 10 heteroatoms. The summed E-state index contributed by atoms with van der Waals surface area (Å²) in [5.41, 5.74) is 1.57. The molecule has 0 aliphatic rings. The van der Waals surface area contributed by atoms with Crippen molar-refractivity contribution in [1.29, 1.82) is 0 Å². The van der Waals surface area contributed by atoms with Crippen molar-refractivity contribution in [2.45, 2.75) is 17.4 Å². The number of aromatic amines is 1. The summed E-state index contributed by atoms with van der Waals surface area (Å²) in [5.74, 6) is 0. The van der Waals surface area contributed by atoms with E-state index in [1.807, 2.05) is 62.3 Å². The zero-order valence-electron chi connectivity index (χ0n) is 21.3. The van der Waals surface area contributed by atoms with Crippen LogP contribution in [0.3, 0.4) is 0 Å². The van der Waals surface area contributed by atoms with Gasteiger partial charge in [0.15, 0.2) is 0 Å². The van der Waals surface area contributed by atoms with Gasteiger partial charge in [0.25, 0.3) is 15.7 Å². The zero-order chi connectivity index (χ0) is 27.1. The van der Waals surface area contributed by atoms with E-state index in [1.165, 1.54) is 28.9 Å². The molecule has 1 heterocycles. The fourth-order valence-corrected chi connectivity index (χ4v) is 4.86. The van der Waals surface area contributed by atoms with Crippen molar-refractivity contribution in [2.24, 2.45) is 0 Å². The van der Waals surface area contributed by atoms with Gasteiger partial charge in [0.05, 0.1) is 16.1 Å². The van der Waals surface area contributed by atoms with E-state index >= 15 is 0 Å². The van der Waals surface area contributed by atoms with Crippen molar-refractivity contribution in [2.75, 3.05) is 38.0 Å². The van der Waals surface area contributed by atoms with Crippen molar-refractivity contribution in [3.8, 4) is 5.69 Å². The van der Waals surface area contributed by atoms with Gasteiger partial charge in [-0.2, -0.15) is 8.42 Å². The van der Waals surface area contributed by atoms with Crippen LogP contribution >= 0.6 is 0 Å². The number of rotatable bonds is 7. The van der Waals surface area contributed by atoms with Crippen molar-refractivity contribution in [3.63, 3.8) is 0 Å². The summed E-state index contributed by atoms with van der Waals surface area (Å²) in [6.07, 6.45) is 0. The summed E-state index contributed by atoms with van der Waals surface area (Å²) in [4.78, 5) is 17.4. The van der Waals surface area contributed by atoms with Crippen molar-refractivity contribution in [1.82, 2.24) is 9.78 Å².